The Balaban J connectivity index is 1.68. The zero-order valence-electron chi connectivity index (χ0n) is 14.2. The van der Waals surface area contributed by atoms with Crippen molar-refractivity contribution in [1.29, 1.82) is 0 Å². The van der Waals surface area contributed by atoms with Crippen LogP contribution in [0.1, 0.15) is 11.5 Å². The Morgan fingerprint density at radius 1 is 1.00 bits per heavy atom. The molecule has 0 atom stereocenters. The van der Waals surface area contributed by atoms with Crippen LogP contribution in [0.25, 0.3) is 16.9 Å². The average molecular weight is 334 g/mol. The van der Waals surface area contributed by atoms with E-state index in [1.807, 2.05) is 66.7 Å². The Kier molecular flexibility index (Phi) is 3.38. The van der Waals surface area contributed by atoms with E-state index in [1.54, 1.807) is 0 Å². The van der Waals surface area contributed by atoms with E-state index >= 15 is 0 Å². The van der Waals surface area contributed by atoms with Crippen molar-refractivity contribution >= 4 is 28.6 Å². The van der Waals surface area contributed by atoms with Crippen LogP contribution in [0.15, 0.2) is 36.5 Å². The van der Waals surface area contributed by atoms with Gasteiger partial charge in [-0.15, -0.1) is 0 Å². The van der Waals surface area contributed by atoms with E-state index in [4.69, 9.17) is 5.73 Å². The van der Waals surface area contributed by atoms with Crippen LogP contribution < -0.4 is 11.1 Å². The summed E-state index contributed by atoms with van der Waals surface area (Å²) >= 11 is 0. The minimum atomic E-state index is 0.210. The molecule has 3 N–H and O–H groups in total. The zero-order valence-corrected chi connectivity index (χ0v) is 14.2. The van der Waals surface area contributed by atoms with Crippen LogP contribution in [0.4, 0.5) is 17.5 Å². The summed E-state index contributed by atoms with van der Waals surface area (Å²) in [7, 11) is 1.90. The molecule has 1 aromatic carbocycles. The number of rotatable bonds is 3. The van der Waals surface area contributed by atoms with Gasteiger partial charge in [-0.1, -0.05) is 0 Å². The molecule has 0 radical (unpaired) electrons. The summed E-state index contributed by atoms with van der Waals surface area (Å²) in [6, 6.07) is 9.87. The number of aromatic nitrogens is 6. The number of nitrogens with two attached hydrogens (primary N) is 1. The average Bonchev–Trinajstić information content (AvgIpc) is 3.14. The number of nitrogens with zero attached hydrogens (tertiary/aromatic N) is 6. The monoisotopic (exact) mass is 334 g/mol. The smallest absolute Gasteiger partial charge is 0.224 e. The SMILES string of the molecule is Cc1ccn(-c2ccc(Nc3nc(N)nc4c3nc(C)n4C)cc2)n1. The molecular weight excluding hydrogens is 316 g/mol. The lowest BCUT2D eigenvalue weighted by molar-refractivity contribution is 0.863. The fourth-order valence-electron chi connectivity index (χ4n) is 2.67. The number of anilines is 3. The number of benzene rings is 1. The Morgan fingerprint density at radius 3 is 2.44 bits per heavy atom. The van der Waals surface area contributed by atoms with Gasteiger partial charge in [0.1, 0.15) is 5.82 Å². The second kappa shape index (κ2) is 5.59. The van der Waals surface area contributed by atoms with Crippen molar-refractivity contribution in [3.05, 3.63) is 48.0 Å². The van der Waals surface area contributed by atoms with Crippen molar-refractivity contribution in [1.82, 2.24) is 29.3 Å². The van der Waals surface area contributed by atoms with Crippen molar-refractivity contribution in [2.24, 2.45) is 7.05 Å². The molecule has 4 aromatic rings. The van der Waals surface area contributed by atoms with Gasteiger partial charge in [-0.05, 0) is 44.2 Å². The van der Waals surface area contributed by atoms with E-state index in [-0.39, 0.29) is 5.95 Å². The first-order valence-electron chi connectivity index (χ1n) is 7.87. The van der Waals surface area contributed by atoms with Crippen molar-refractivity contribution in [2.75, 3.05) is 11.1 Å². The Bertz CT molecular complexity index is 1060. The summed E-state index contributed by atoms with van der Waals surface area (Å²) in [5.41, 5.74) is 10.1. The van der Waals surface area contributed by atoms with Crippen molar-refractivity contribution in [3.63, 3.8) is 0 Å². The van der Waals surface area contributed by atoms with Crippen molar-refractivity contribution < 1.29 is 0 Å². The third-order valence-electron chi connectivity index (χ3n) is 4.08. The first-order valence-corrected chi connectivity index (χ1v) is 7.87. The molecule has 0 fully saturated rings. The summed E-state index contributed by atoms with van der Waals surface area (Å²) in [5, 5.41) is 7.68. The van der Waals surface area contributed by atoms with Crippen LogP contribution in [0, 0.1) is 13.8 Å². The maximum absolute atomic E-state index is 5.84. The third-order valence-corrected chi connectivity index (χ3v) is 4.08. The molecule has 126 valence electrons. The molecule has 8 nitrogen and oxygen atoms in total. The van der Waals surface area contributed by atoms with Crippen LogP contribution in [0.3, 0.4) is 0 Å². The van der Waals surface area contributed by atoms with Gasteiger partial charge in [0, 0.05) is 18.9 Å². The number of fused-ring (bicyclic) bond motifs is 1. The highest BCUT2D eigenvalue weighted by molar-refractivity contribution is 5.86. The van der Waals surface area contributed by atoms with E-state index in [0.29, 0.717) is 17.0 Å². The normalized spacial score (nSPS) is 11.2. The molecular formula is C17H18N8. The molecule has 8 heteroatoms. The first-order chi connectivity index (χ1) is 12.0. The lowest BCUT2D eigenvalue weighted by atomic mass is 10.3. The topological polar surface area (TPSA) is 99.5 Å². The third kappa shape index (κ3) is 2.67. The number of imidazole rings is 1. The van der Waals surface area contributed by atoms with Gasteiger partial charge in [-0.3, -0.25) is 0 Å². The largest absolute Gasteiger partial charge is 0.368 e. The summed E-state index contributed by atoms with van der Waals surface area (Å²) in [6.07, 6.45) is 1.93. The predicted molar refractivity (Wildman–Crippen MR) is 97.0 cm³/mol. The van der Waals surface area contributed by atoms with E-state index in [0.717, 1.165) is 22.9 Å². The lowest BCUT2D eigenvalue weighted by Crippen LogP contribution is -2.03. The highest BCUT2D eigenvalue weighted by Crippen LogP contribution is 2.25. The molecule has 0 saturated carbocycles. The van der Waals surface area contributed by atoms with Crippen molar-refractivity contribution in [2.45, 2.75) is 13.8 Å². The maximum atomic E-state index is 5.84. The van der Waals surface area contributed by atoms with Gasteiger partial charge in [0.2, 0.25) is 5.95 Å². The molecule has 3 aromatic heterocycles. The molecule has 0 bridgehead atoms. The second-order valence-corrected chi connectivity index (χ2v) is 5.89. The summed E-state index contributed by atoms with van der Waals surface area (Å²) < 4.78 is 3.73. The molecule has 0 spiro atoms. The fourth-order valence-corrected chi connectivity index (χ4v) is 2.67. The van der Waals surface area contributed by atoms with E-state index in [9.17, 15) is 0 Å². The van der Waals surface area contributed by atoms with Crippen LogP contribution in [-0.2, 0) is 7.05 Å². The van der Waals surface area contributed by atoms with Crippen LogP contribution in [-0.4, -0.2) is 29.3 Å². The Labute approximate surface area is 144 Å². The van der Waals surface area contributed by atoms with Crippen LogP contribution >= 0.6 is 0 Å². The molecule has 3 heterocycles. The highest BCUT2D eigenvalue weighted by Gasteiger charge is 2.13. The standard InChI is InChI=1S/C17H18N8/c1-10-8-9-25(23-10)13-6-4-12(5-7-13)20-15-14-16(22-17(18)21-15)24(3)11(2)19-14/h4-9H,1-3H3,(H3,18,20,21,22). The quantitative estimate of drug-likeness (QED) is 0.597. The number of nitrogens with one attached hydrogen (secondary N) is 1. The van der Waals surface area contributed by atoms with E-state index < -0.39 is 0 Å². The van der Waals surface area contributed by atoms with Crippen molar-refractivity contribution in [3.8, 4) is 5.69 Å². The number of hydrogen-bond acceptors (Lipinski definition) is 6. The highest BCUT2D eigenvalue weighted by atomic mass is 15.3. The van der Waals surface area contributed by atoms with Gasteiger partial charge in [-0.25, -0.2) is 9.67 Å². The van der Waals surface area contributed by atoms with Gasteiger partial charge in [0.05, 0.1) is 11.4 Å². The Morgan fingerprint density at radius 2 is 1.76 bits per heavy atom. The van der Waals surface area contributed by atoms with E-state index in [1.165, 1.54) is 0 Å². The van der Waals surface area contributed by atoms with Gasteiger partial charge in [-0.2, -0.15) is 15.1 Å². The molecule has 4 rings (SSSR count). The van der Waals surface area contributed by atoms with Crippen LogP contribution in [0.5, 0.6) is 0 Å². The van der Waals surface area contributed by atoms with Gasteiger partial charge in [0.25, 0.3) is 0 Å². The summed E-state index contributed by atoms with van der Waals surface area (Å²) in [6.45, 7) is 3.88. The second-order valence-electron chi connectivity index (χ2n) is 5.89. The van der Waals surface area contributed by atoms with Crippen LogP contribution in [0.2, 0.25) is 0 Å². The number of aryl methyl sites for hydroxylation is 3. The number of hydrogen-bond donors (Lipinski definition) is 2. The van der Waals surface area contributed by atoms with E-state index in [2.05, 4.69) is 25.4 Å². The van der Waals surface area contributed by atoms with Gasteiger partial charge < -0.3 is 15.6 Å². The molecule has 0 amide bonds. The molecule has 0 aliphatic carbocycles. The summed E-state index contributed by atoms with van der Waals surface area (Å²) in [5.74, 6) is 1.65. The maximum Gasteiger partial charge on any atom is 0.224 e. The minimum Gasteiger partial charge on any atom is -0.368 e. The van der Waals surface area contributed by atoms with Gasteiger partial charge >= 0.3 is 0 Å². The molecule has 0 aliphatic rings. The molecule has 0 saturated heterocycles. The predicted octanol–water partition coefficient (Wildman–Crippen LogP) is 2.49. The molecule has 0 unspecified atom stereocenters. The zero-order chi connectivity index (χ0) is 17.6. The lowest BCUT2D eigenvalue weighted by Gasteiger charge is -2.08. The molecule has 0 aliphatic heterocycles. The Hall–Kier alpha value is -3.42. The first kappa shape index (κ1) is 15.1. The van der Waals surface area contributed by atoms with Gasteiger partial charge in [0.15, 0.2) is 17.0 Å². The molecule has 25 heavy (non-hydrogen) atoms. The fraction of sp³-hybridized carbons (Fsp3) is 0.176. The summed E-state index contributed by atoms with van der Waals surface area (Å²) in [4.78, 5) is 13.1. The number of nitrogen functional groups attached to an aromatic ring is 1. The minimum absolute atomic E-state index is 0.210.